The standard InChI is InChI=1S/C21H26N4O4S/c26-18(14-25-10-12-28-13-11-25)15-29-19-8-6-16(7-9-19)20(27)23-24-21(30)22-17-4-2-1-3-5-17/h1-9,18,26H,10-15H2,(H,23,27)(H2,22,24,30). The van der Waals surface area contributed by atoms with Crippen molar-refractivity contribution in [1.29, 1.82) is 0 Å². The molecule has 1 unspecified atom stereocenters. The highest BCUT2D eigenvalue weighted by atomic mass is 32.1. The summed E-state index contributed by atoms with van der Waals surface area (Å²) in [7, 11) is 0. The summed E-state index contributed by atoms with van der Waals surface area (Å²) in [5.41, 5.74) is 6.48. The number of hydrogen-bond donors (Lipinski definition) is 4. The number of thiocarbonyl (C=S) groups is 1. The maximum atomic E-state index is 12.2. The van der Waals surface area contributed by atoms with Crippen molar-refractivity contribution >= 4 is 28.9 Å². The van der Waals surface area contributed by atoms with E-state index in [1.807, 2.05) is 30.3 Å². The van der Waals surface area contributed by atoms with Crippen LogP contribution in [0.2, 0.25) is 0 Å². The molecule has 160 valence electrons. The Labute approximate surface area is 181 Å². The number of benzene rings is 2. The molecule has 0 aliphatic carbocycles. The van der Waals surface area contributed by atoms with E-state index < -0.39 is 6.10 Å². The Hall–Kier alpha value is -2.72. The lowest BCUT2D eigenvalue weighted by atomic mass is 10.2. The summed E-state index contributed by atoms with van der Waals surface area (Å²) in [6, 6.07) is 16.1. The van der Waals surface area contributed by atoms with Crippen LogP contribution in [-0.4, -0.2) is 66.6 Å². The van der Waals surface area contributed by atoms with E-state index in [-0.39, 0.29) is 17.6 Å². The van der Waals surface area contributed by atoms with E-state index in [2.05, 4.69) is 21.1 Å². The lowest BCUT2D eigenvalue weighted by Gasteiger charge is -2.28. The molecule has 0 radical (unpaired) electrons. The molecule has 0 spiro atoms. The molecule has 0 bridgehead atoms. The van der Waals surface area contributed by atoms with Gasteiger partial charge in [-0.3, -0.25) is 20.5 Å². The predicted octanol–water partition coefficient (Wildman–Crippen LogP) is 1.39. The summed E-state index contributed by atoms with van der Waals surface area (Å²) < 4.78 is 10.9. The highest BCUT2D eigenvalue weighted by Crippen LogP contribution is 2.13. The van der Waals surface area contributed by atoms with Gasteiger partial charge < -0.3 is 19.9 Å². The number of β-amino-alcohol motifs (C(OH)–C–C–N with tert-alkyl or cyclic N) is 1. The first-order chi connectivity index (χ1) is 14.6. The zero-order valence-electron chi connectivity index (χ0n) is 16.5. The number of hydrazine groups is 1. The average Bonchev–Trinajstić information content (AvgIpc) is 2.78. The second kappa shape index (κ2) is 11.5. The Balaban J connectivity index is 1.38. The molecule has 0 aromatic heterocycles. The number of amides is 1. The summed E-state index contributed by atoms with van der Waals surface area (Å²) in [6.45, 7) is 3.76. The van der Waals surface area contributed by atoms with E-state index in [0.717, 1.165) is 18.8 Å². The molecule has 2 aromatic rings. The van der Waals surface area contributed by atoms with E-state index in [1.165, 1.54) is 0 Å². The number of ether oxygens (including phenoxy) is 2. The number of carbonyl (C=O) groups is 1. The molecule has 1 fully saturated rings. The van der Waals surface area contributed by atoms with Crippen molar-refractivity contribution in [3.05, 3.63) is 60.2 Å². The lowest BCUT2D eigenvalue weighted by molar-refractivity contribution is 0.00465. The van der Waals surface area contributed by atoms with Crippen LogP contribution in [0.5, 0.6) is 5.75 Å². The maximum absolute atomic E-state index is 12.2. The Morgan fingerprint density at radius 2 is 1.80 bits per heavy atom. The van der Waals surface area contributed by atoms with Gasteiger partial charge in [0.25, 0.3) is 5.91 Å². The van der Waals surface area contributed by atoms with E-state index in [0.29, 0.717) is 31.1 Å². The molecule has 1 amide bonds. The van der Waals surface area contributed by atoms with Crippen molar-refractivity contribution in [2.45, 2.75) is 6.10 Å². The van der Waals surface area contributed by atoms with Gasteiger partial charge in [0.15, 0.2) is 5.11 Å². The Bertz CT molecular complexity index is 814. The number of para-hydroxylation sites is 1. The molecular weight excluding hydrogens is 404 g/mol. The van der Waals surface area contributed by atoms with E-state index in [4.69, 9.17) is 21.7 Å². The predicted molar refractivity (Wildman–Crippen MR) is 118 cm³/mol. The van der Waals surface area contributed by atoms with Crippen LogP contribution >= 0.6 is 12.2 Å². The minimum Gasteiger partial charge on any atom is -0.491 e. The minimum atomic E-state index is -0.589. The fourth-order valence-corrected chi connectivity index (χ4v) is 3.07. The van der Waals surface area contributed by atoms with Gasteiger partial charge in [0, 0.05) is 30.9 Å². The summed E-state index contributed by atoms with van der Waals surface area (Å²) in [5.74, 6) is 0.257. The van der Waals surface area contributed by atoms with Gasteiger partial charge in [-0.2, -0.15) is 0 Å². The van der Waals surface area contributed by atoms with Crippen LogP contribution in [0.1, 0.15) is 10.4 Å². The summed E-state index contributed by atoms with van der Waals surface area (Å²) in [6.07, 6.45) is -0.589. The Morgan fingerprint density at radius 3 is 2.50 bits per heavy atom. The highest BCUT2D eigenvalue weighted by molar-refractivity contribution is 7.80. The van der Waals surface area contributed by atoms with E-state index in [9.17, 15) is 9.90 Å². The first kappa shape index (κ1) is 22.0. The first-order valence-electron chi connectivity index (χ1n) is 9.73. The van der Waals surface area contributed by atoms with Gasteiger partial charge in [-0.15, -0.1) is 0 Å². The van der Waals surface area contributed by atoms with Gasteiger partial charge in [-0.05, 0) is 48.6 Å². The van der Waals surface area contributed by atoms with Gasteiger partial charge in [0.05, 0.1) is 13.2 Å². The molecule has 30 heavy (non-hydrogen) atoms. The van der Waals surface area contributed by atoms with Crippen molar-refractivity contribution < 1.29 is 19.4 Å². The quantitative estimate of drug-likeness (QED) is 0.387. The monoisotopic (exact) mass is 430 g/mol. The molecule has 1 atom stereocenters. The second-order valence-corrected chi connectivity index (χ2v) is 7.21. The molecule has 9 heteroatoms. The van der Waals surface area contributed by atoms with Crippen LogP contribution in [0.3, 0.4) is 0 Å². The number of aliphatic hydroxyl groups excluding tert-OH is 1. The Kier molecular flexibility index (Phi) is 8.40. The first-order valence-corrected chi connectivity index (χ1v) is 10.1. The number of nitrogens with zero attached hydrogens (tertiary/aromatic N) is 1. The zero-order chi connectivity index (χ0) is 21.2. The van der Waals surface area contributed by atoms with Crippen molar-refractivity contribution in [1.82, 2.24) is 15.8 Å². The molecule has 2 aromatic carbocycles. The number of carbonyl (C=O) groups excluding carboxylic acids is 1. The fourth-order valence-electron chi connectivity index (χ4n) is 2.90. The molecule has 1 aliphatic rings. The minimum absolute atomic E-state index is 0.184. The Morgan fingerprint density at radius 1 is 1.10 bits per heavy atom. The maximum Gasteiger partial charge on any atom is 0.269 e. The van der Waals surface area contributed by atoms with E-state index >= 15 is 0 Å². The molecule has 0 saturated carbocycles. The molecular formula is C21H26N4O4S. The zero-order valence-corrected chi connectivity index (χ0v) is 17.4. The largest absolute Gasteiger partial charge is 0.491 e. The van der Waals surface area contributed by atoms with Gasteiger partial charge in [0.2, 0.25) is 0 Å². The highest BCUT2D eigenvalue weighted by Gasteiger charge is 2.15. The molecule has 1 heterocycles. The third-order valence-corrected chi connectivity index (χ3v) is 4.66. The van der Waals surface area contributed by atoms with Crippen molar-refractivity contribution in [2.24, 2.45) is 0 Å². The fraction of sp³-hybridized carbons (Fsp3) is 0.333. The van der Waals surface area contributed by atoms with Gasteiger partial charge in [-0.25, -0.2) is 0 Å². The van der Waals surface area contributed by atoms with Crippen molar-refractivity contribution in [3.8, 4) is 5.75 Å². The topological polar surface area (TPSA) is 95.1 Å². The average molecular weight is 431 g/mol. The van der Waals surface area contributed by atoms with Crippen LogP contribution in [-0.2, 0) is 4.74 Å². The second-order valence-electron chi connectivity index (χ2n) is 6.80. The summed E-state index contributed by atoms with van der Waals surface area (Å²) in [5, 5.41) is 13.4. The van der Waals surface area contributed by atoms with Crippen LogP contribution in [0.4, 0.5) is 5.69 Å². The summed E-state index contributed by atoms with van der Waals surface area (Å²) >= 11 is 5.15. The molecule has 4 N–H and O–H groups in total. The van der Waals surface area contributed by atoms with Gasteiger partial charge >= 0.3 is 0 Å². The van der Waals surface area contributed by atoms with Crippen LogP contribution in [0.25, 0.3) is 0 Å². The SMILES string of the molecule is O=C(NNC(=S)Nc1ccccc1)c1ccc(OCC(O)CN2CCOCC2)cc1. The molecule has 1 saturated heterocycles. The van der Waals surface area contributed by atoms with Gasteiger partial charge in [0.1, 0.15) is 18.5 Å². The third-order valence-electron chi connectivity index (χ3n) is 4.45. The molecule has 8 nitrogen and oxygen atoms in total. The normalized spacial score (nSPS) is 15.1. The number of aliphatic hydroxyl groups is 1. The van der Waals surface area contributed by atoms with E-state index in [1.54, 1.807) is 24.3 Å². The lowest BCUT2D eigenvalue weighted by Crippen LogP contribution is -2.43. The van der Waals surface area contributed by atoms with Crippen LogP contribution < -0.4 is 20.9 Å². The number of morpholine rings is 1. The smallest absolute Gasteiger partial charge is 0.269 e. The van der Waals surface area contributed by atoms with Crippen molar-refractivity contribution in [2.75, 3.05) is 44.8 Å². The van der Waals surface area contributed by atoms with Crippen LogP contribution in [0, 0.1) is 0 Å². The van der Waals surface area contributed by atoms with Crippen molar-refractivity contribution in [3.63, 3.8) is 0 Å². The third kappa shape index (κ3) is 7.27. The number of rotatable bonds is 7. The van der Waals surface area contributed by atoms with Gasteiger partial charge in [-0.1, -0.05) is 18.2 Å². The molecule has 1 aliphatic heterocycles. The number of anilines is 1. The number of hydrogen-bond acceptors (Lipinski definition) is 6. The number of nitrogens with one attached hydrogen (secondary N) is 3. The summed E-state index contributed by atoms with van der Waals surface area (Å²) in [4.78, 5) is 14.4. The molecule has 3 rings (SSSR count). The van der Waals surface area contributed by atoms with Crippen LogP contribution in [0.15, 0.2) is 54.6 Å².